The second-order valence-corrected chi connectivity index (χ2v) is 7.62. The van der Waals surface area contributed by atoms with E-state index in [9.17, 15) is 9.59 Å². The van der Waals surface area contributed by atoms with Crippen molar-refractivity contribution in [3.8, 4) is 22.6 Å². The van der Waals surface area contributed by atoms with Crippen LogP contribution >= 0.6 is 11.8 Å². The van der Waals surface area contributed by atoms with E-state index in [0.717, 1.165) is 11.1 Å². The van der Waals surface area contributed by atoms with Crippen LogP contribution in [0.5, 0.6) is 0 Å². The summed E-state index contributed by atoms with van der Waals surface area (Å²) in [4.78, 5) is 28.0. The number of hydrogen-bond donors (Lipinski definition) is 2. The molecule has 3 N–H and O–H groups in total. The van der Waals surface area contributed by atoms with Crippen molar-refractivity contribution in [2.45, 2.75) is 24.3 Å². The molecule has 1 aromatic heterocycles. The summed E-state index contributed by atoms with van der Waals surface area (Å²) in [6, 6.07) is 18.5. The molecule has 3 aromatic rings. The minimum atomic E-state index is -0.876. The largest absolute Gasteiger partial charge is 0.431 e. The first kappa shape index (κ1) is 19.7. The Morgan fingerprint density at radius 1 is 1.00 bits per heavy atom. The van der Waals surface area contributed by atoms with Crippen molar-refractivity contribution in [1.82, 2.24) is 10.3 Å². The Labute approximate surface area is 167 Å². The van der Waals surface area contributed by atoms with Crippen molar-refractivity contribution in [3.63, 3.8) is 0 Å². The lowest BCUT2D eigenvalue weighted by Gasteiger charge is -2.16. The third-order valence-corrected chi connectivity index (χ3v) is 5.42. The maximum Gasteiger partial charge on any atom is 0.318 e. The molecule has 2 aromatic carbocycles. The van der Waals surface area contributed by atoms with Crippen LogP contribution in [0.15, 0.2) is 70.3 Å². The molecule has 0 saturated carbocycles. The van der Waals surface area contributed by atoms with Gasteiger partial charge in [0.2, 0.25) is 5.91 Å². The maximum absolute atomic E-state index is 12.3. The fraction of sp³-hybridized carbons (Fsp3) is 0.190. The number of carbonyl (C=O) groups is 2. The molecule has 0 spiro atoms. The number of thioether (sulfide) groups is 1. The van der Waals surface area contributed by atoms with Crippen LogP contribution in [0.25, 0.3) is 22.6 Å². The summed E-state index contributed by atoms with van der Waals surface area (Å²) in [6.07, 6.45) is 0. The summed E-state index contributed by atoms with van der Waals surface area (Å²) in [5, 5.41) is 1.93. The normalized spacial score (nSPS) is 12.0. The van der Waals surface area contributed by atoms with Crippen LogP contribution in [0, 0.1) is 5.92 Å². The Hall–Kier alpha value is -3.06. The molecule has 0 aliphatic rings. The van der Waals surface area contributed by atoms with Gasteiger partial charge in [0.1, 0.15) is 5.69 Å². The molecule has 7 heteroatoms. The van der Waals surface area contributed by atoms with Crippen LogP contribution < -0.4 is 11.1 Å². The van der Waals surface area contributed by atoms with Gasteiger partial charge in [-0.05, 0) is 5.92 Å². The van der Waals surface area contributed by atoms with Crippen molar-refractivity contribution in [2.24, 2.45) is 11.7 Å². The third kappa shape index (κ3) is 4.61. The van der Waals surface area contributed by atoms with Gasteiger partial charge < -0.3 is 10.2 Å². The van der Waals surface area contributed by atoms with Crippen LogP contribution in [0.1, 0.15) is 13.8 Å². The van der Waals surface area contributed by atoms with Crippen molar-refractivity contribution >= 4 is 23.7 Å². The Balaban J connectivity index is 1.99. The number of oxazole rings is 1. The van der Waals surface area contributed by atoms with E-state index < -0.39 is 17.2 Å². The molecule has 0 aliphatic carbocycles. The lowest BCUT2D eigenvalue weighted by Crippen LogP contribution is -2.42. The molecule has 0 fully saturated rings. The van der Waals surface area contributed by atoms with Crippen molar-refractivity contribution in [2.75, 3.05) is 0 Å². The Morgan fingerprint density at radius 2 is 1.57 bits per heavy atom. The zero-order valence-corrected chi connectivity index (χ0v) is 16.4. The highest BCUT2D eigenvalue weighted by Crippen LogP contribution is 2.37. The Bertz CT molecular complexity index is 899. The molecule has 3 rings (SSSR count). The van der Waals surface area contributed by atoms with Gasteiger partial charge in [0, 0.05) is 11.1 Å². The van der Waals surface area contributed by atoms with E-state index in [1.807, 2.05) is 74.5 Å². The van der Waals surface area contributed by atoms with Crippen molar-refractivity contribution < 1.29 is 14.0 Å². The second kappa shape index (κ2) is 8.75. The smallest absolute Gasteiger partial charge is 0.318 e. The van der Waals surface area contributed by atoms with Gasteiger partial charge in [-0.25, -0.2) is 9.78 Å². The van der Waals surface area contributed by atoms with Crippen LogP contribution in [0.3, 0.4) is 0 Å². The standard InChI is InChI=1S/C21H21N3O3S/c1-13(2)18(19(25)24-20(22)26)28-21-23-16(14-9-5-3-6-10-14)17(27-21)15-11-7-4-8-12-15/h3-13,18H,1-2H3,(H3,22,24,25,26). The molecule has 3 amide bonds. The van der Waals surface area contributed by atoms with Crippen LogP contribution in [-0.4, -0.2) is 22.2 Å². The predicted octanol–water partition coefficient (Wildman–Crippen LogP) is 4.32. The molecular formula is C21H21N3O3S. The summed E-state index contributed by atoms with van der Waals surface area (Å²) in [5.74, 6) is 0.108. The van der Waals surface area contributed by atoms with E-state index >= 15 is 0 Å². The first-order chi connectivity index (χ1) is 13.5. The summed E-state index contributed by atoms with van der Waals surface area (Å²) >= 11 is 1.17. The average molecular weight is 395 g/mol. The summed E-state index contributed by atoms with van der Waals surface area (Å²) < 4.78 is 6.05. The number of amides is 3. The number of urea groups is 1. The topological polar surface area (TPSA) is 98.2 Å². The fourth-order valence-electron chi connectivity index (χ4n) is 2.72. The monoisotopic (exact) mass is 395 g/mol. The highest BCUT2D eigenvalue weighted by Gasteiger charge is 2.28. The SMILES string of the molecule is CC(C)C(Sc1nc(-c2ccccc2)c(-c2ccccc2)o1)C(=O)NC(N)=O. The lowest BCUT2D eigenvalue weighted by atomic mass is 10.1. The quantitative estimate of drug-likeness (QED) is 0.606. The highest BCUT2D eigenvalue weighted by molar-refractivity contribution is 8.00. The number of nitrogens with two attached hydrogens (primary N) is 1. The number of aromatic nitrogens is 1. The molecule has 28 heavy (non-hydrogen) atoms. The van der Waals surface area contributed by atoms with Gasteiger partial charge in [-0.2, -0.15) is 0 Å². The van der Waals surface area contributed by atoms with E-state index in [-0.39, 0.29) is 5.92 Å². The van der Waals surface area contributed by atoms with Gasteiger partial charge in [-0.1, -0.05) is 86.3 Å². The van der Waals surface area contributed by atoms with Gasteiger partial charge in [-0.3, -0.25) is 10.1 Å². The molecule has 0 radical (unpaired) electrons. The highest BCUT2D eigenvalue weighted by atomic mass is 32.2. The number of primary amides is 1. The average Bonchev–Trinajstić information content (AvgIpc) is 3.11. The molecule has 1 atom stereocenters. The van der Waals surface area contributed by atoms with E-state index in [0.29, 0.717) is 16.7 Å². The van der Waals surface area contributed by atoms with Crippen molar-refractivity contribution in [3.05, 3.63) is 60.7 Å². The molecule has 6 nitrogen and oxygen atoms in total. The van der Waals surface area contributed by atoms with Gasteiger partial charge in [0.05, 0.1) is 5.25 Å². The molecular weight excluding hydrogens is 374 g/mol. The van der Waals surface area contributed by atoms with Gasteiger partial charge >= 0.3 is 6.03 Å². The van der Waals surface area contributed by atoms with E-state index in [2.05, 4.69) is 10.3 Å². The van der Waals surface area contributed by atoms with E-state index in [1.54, 1.807) is 0 Å². The summed E-state index contributed by atoms with van der Waals surface area (Å²) in [7, 11) is 0. The number of carbonyl (C=O) groups excluding carboxylic acids is 2. The number of hydrogen-bond acceptors (Lipinski definition) is 5. The zero-order chi connectivity index (χ0) is 20.1. The number of nitrogens with one attached hydrogen (secondary N) is 1. The molecule has 1 heterocycles. The van der Waals surface area contributed by atoms with Crippen LogP contribution in [-0.2, 0) is 4.79 Å². The number of nitrogens with zero attached hydrogens (tertiary/aromatic N) is 1. The van der Waals surface area contributed by atoms with Gasteiger partial charge in [-0.15, -0.1) is 0 Å². The molecule has 144 valence electrons. The minimum Gasteiger partial charge on any atom is -0.431 e. The first-order valence-corrected chi connectivity index (χ1v) is 9.72. The van der Waals surface area contributed by atoms with E-state index in [4.69, 9.17) is 10.2 Å². The Kier molecular flexibility index (Phi) is 6.16. The lowest BCUT2D eigenvalue weighted by molar-refractivity contribution is -0.120. The zero-order valence-electron chi connectivity index (χ0n) is 15.6. The Morgan fingerprint density at radius 3 is 2.11 bits per heavy atom. The van der Waals surface area contributed by atoms with Crippen LogP contribution in [0.4, 0.5) is 4.79 Å². The van der Waals surface area contributed by atoms with Crippen LogP contribution in [0.2, 0.25) is 0 Å². The van der Waals surface area contributed by atoms with Gasteiger partial charge in [0.25, 0.3) is 5.22 Å². The fourth-order valence-corrected chi connectivity index (χ4v) is 3.65. The van der Waals surface area contributed by atoms with Crippen molar-refractivity contribution in [1.29, 1.82) is 0 Å². The summed E-state index contributed by atoms with van der Waals surface area (Å²) in [5.41, 5.74) is 7.60. The number of rotatable bonds is 6. The second-order valence-electron chi connectivity index (χ2n) is 6.53. The van der Waals surface area contributed by atoms with Gasteiger partial charge in [0.15, 0.2) is 5.76 Å². The molecule has 0 aliphatic heterocycles. The number of benzene rings is 2. The van der Waals surface area contributed by atoms with E-state index in [1.165, 1.54) is 11.8 Å². The predicted molar refractivity (Wildman–Crippen MR) is 110 cm³/mol. The first-order valence-electron chi connectivity index (χ1n) is 8.84. The maximum atomic E-state index is 12.3. The molecule has 0 saturated heterocycles. The third-order valence-electron chi connectivity index (χ3n) is 4.03. The molecule has 1 unspecified atom stereocenters. The minimum absolute atomic E-state index is 0.0587. The number of imide groups is 1. The summed E-state index contributed by atoms with van der Waals surface area (Å²) in [6.45, 7) is 3.77. The molecule has 0 bridgehead atoms.